The monoisotopic (exact) mass is 1370 g/mol. The van der Waals surface area contributed by atoms with Crippen molar-refractivity contribution in [2.75, 3.05) is 42.2 Å². The van der Waals surface area contributed by atoms with Crippen LogP contribution >= 0.6 is 0 Å². The van der Waals surface area contributed by atoms with E-state index in [1.165, 1.54) is 20.1 Å². The highest BCUT2D eigenvalue weighted by Crippen LogP contribution is 2.71. The van der Waals surface area contributed by atoms with Crippen LogP contribution < -0.4 is 0 Å². The third-order valence-corrected chi connectivity index (χ3v) is 24.0. The topological polar surface area (TPSA) is 342 Å². The summed E-state index contributed by atoms with van der Waals surface area (Å²) in [6.07, 6.45) is -13.6. The maximum absolute atomic E-state index is 13.6. The van der Waals surface area contributed by atoms with E-state index in [9.17, 15) is 45.3 Å². The Hall–Kier alpha value is -2.34. The van der Waals surface area contributed by atoms with E-state index < -0.39 is 212 Å². The molecule has 3 saturated carbocycles. The third kappa shape index (κ3) is 14.3. The number of ketones is 1. The fourth-order valence-corrected chi connectivity index (χ4v) is 17.8. The summed E-state index contributed by atoms with van der Waals surface area (Å²) in [6, 6.07) is 0. The van der Waals surface area contributed by atoms with Crippen LogP contribution in [0.25, 0.3) is 0 Å². The van der Waals surface area contributed by atoms with Crippen molar-refractivity contribution in [3.8, 4) is 0 Å². The molecule has 550 valence electrons. The number of hydrogen-bond acceptors (Lipinski definition) is 27. The van der Waals surface area contributed by atoms with Gasteiger partial charge >= 0.3 is 5.97 Å². The molecule has 0 aromatic rings. The lowest BCUT2D eigenvalue weighted by atomic mass is 9.42. The van der Waals surface area contributed by atoms with Gasteiger partial charge in [-0.25, -0.2) is 4.79 Å². The quantitative estimate of drug-likeness (QED) is 0.0463. The highest BCUT2D eigenvalue weighted by molar-refractivity contribution is 5.87. The molecule has 7 N–H and O–H groups in total. The lowest BCUT2D eigenvalue weighted by Crippen LogP contribution is -2.78. The van der Waals surface area contributed by atoms with Crippen LogP contribution in [-0.4, -0.2) is 272 Å². The number of aliphatic hydroxyl groups excluding tert-OH is 4. The lowest BCUT2D eigenvalue weighted by Gasteiger charge is -2.67. The van der Waals surface area contributed by atoms with Crippen molar-refractivity contribution in [3.05, 3.63) is 23.3 Å². The van der Waals surface area contributed by atoms with E-state index in [4.69, 9.17) is 85.3 Å². The summed E-state index contributed by atoms with van der Waals surface area (Å²) < 4.78 is 114. The highest BCUT2D eigenvalue weighted by atomic mass is 16.8. The second-order valence-electron chi connectivity index (χ2n) is 29.6. The standard InChI is InChI=1S/C69H112O27/c1-32(2)33(3)23-50(72)91-49-30-48-65(10)19-18-41(24-40(65)17-20-68(48,77)69(78)22-21-67(76,39(9)71)66(49,69)11)89-51-25-42(79-12)59(34(4)84-51)92-52-26-43(80-13)60(35(5)85-52)93-53-27-44(81-14)61(36(6)86-53)94-54-28-45(82-15)62(37(7)87-54)95-55-29-46(83-16)63(38(8)88-55)96-64-58(75)57(74)56(73)47(31-70)90-64/h17,23,32,34-38,41-49,51-64,70,73-78H,18-22,24-31H2,1-16H3/b33-23+/t34-,35-,36-,37-,38-,41+,42+,43+,44-,45-,46+,47-,48-,49-,51+,52+,53+,54+,55+,56-,57+,58-,59-,60-,61-,62-,63-,64+,65+,66-,67-,68+,69-/m1/s1. The molecule has 9 fully saturated rings. The number of allylic oxidation sites excluding steroid dienone is 1. The number of carbonyl (C=O) groups excluding carboxylic acids is 2. The molecule has 27 nitrogen and oxygen atoms in total. The number of methoxy groups -OCH3 is 5. The number of Topliss-reactive ketones (excluding diaryl/α,β-unsaturated/α-hetero) is 1. The number of esters is 1. The van der Waals surface area contributed by atoms with E-state index >= 15 is 0 Å². The van der Waals surface area contributed by atoms with Gasteiger partial charge in [-0.15, -0.1) is 0 Å². The Morgan fingerprint density at radius 3 is 1.39 bits per heavy atom. The third-order valence-electron chi connectivity index (χ3n) is 24.0. The van der Waals surface area contributed by atoms with Crippen LogP contribution in [0.1, 0.15) is 153 Å². The van der Waals surface area contributed by atoms with Crippen molar-refractivity contribution in [2.45, 2.75) is 336 Å². The van der Waals surface area contributed by atoms with Gasteiger partial charge in [-0.3, -0.25) is 4.79 Å². The normalized spacial score (nSPS) is 50.1. The Labute approximate surface area is 564 Å². The molecule has 4 aliphatic carbocycles. The zero-order chi connectivity index (χ0) is 69.9. The summed E-state index contributed by atoms with van der Waals surface area (Å²) in [5, 5.41) is 79.2. The molecule has 10 aliphatic rings. The number of fused-ring (bicyclic) bond motifs is 5. The zero-order valence-corrected chi connectivity index (χ0v) is 58.9. The minimum Gasteiger partial charge on any atom is -0.458 e. The number of ether oxygens (including phenoxy) is 18. The fraction of sp³-hybridized carbons (Fsp3) is 0.913. The Balaban J connectivity index is 0.701. The van der Waals surface area contributed by atoms with E-state index in [-0.39, 0.29) is 44.1 Å². The maximum atomic E-state index is 13.6. The molecule has 33 atom stereocenters. The van der Waals surface area contributed by atoms with E-state index in [1.807, 2.05) is 54.5 Å². The van der Waals surface area contributed by atoms with Crippen molar-refractivity contribution in [1.82, 2.24) is 0 Å². The summed E-state index contributed by atoms with van der Waals surface area (Å²) >= 11 is 0. The van der Waals surface area contributed by atoms with Crippen LogP contribution in [0.3, 0.4) is 0 Å². The second-order valence-corrected chi connectivity index (χ2v) is 29.6. The van der Waals surface area contributed by atoms with Crippen LogP contribution in [0.4, 0.5) is 0 Å². The molecule has 0 unspecified atom stereocenters. The first kappa shape index (κ1) is 76.3. The average Bonchev–Trinajstić information content (AvgIpc) is 1.38. The Morgan fingerprint density at radius 1 is 0.573 bits per heavy atom. The van der Waals surface area contributed by atoms with Crippen molar-refractivity contribution in [1.29, 1.82) is 0 Å². The van der Waals surface area contributed by atoms with Gasteiger partial charge in [0.05, 0.1) is 79.2 Å². The van der Waals surface area contributed by atoms with E-state index in [1.54, 1.807) is 42.3 Å². The van der Waals surface area contributed by atoms with Crippen molar-refractivity contribution >= 4 is 11.8 Å². The molecule has 0 spiro atoms. The first-order valence-corrected chi connectivity index (χ1v) is 34.8. The molecule has 96 heavy (non-hydrogen) atoms. The predicted octanol–water partition coefficient (Wildman–Crippen LogP) is 3.48. The van der Waals surface area contributed by atoms with Gasteiger partial charge in [-0.05, 0) is 112 Å². The summed E-state index contributed by atoms with van der Waals surface area (Å²) in [5.41, 5.74) is -6.24. The summed E-state index contributed by atoms with van der Waals surface area (Å²) in [4.78, 5) is 27.0. The van der Waals surface area contributed by atoms with Gasteiger partial charge in [0.25, 0.3) is 0 Å². The maximum Gasteiger partial charge on any atom is 0.330 e. The Kier molecular flexibility index (Phi) is 24.3. The number of hydrogen-bond donors (Lipinski definition) is 7. The van der Waals surface area contributed by atoms with E-state index in [0.29, 0.717) is 44.9 Å². The highest BCUT2D eigenvalue weighted by Gasteiger charge is 2.81. The Morgan fingerprint density at radius 2 is 0.990 bits per heavy atom. The molecular weight excluding hydrogens is 1260 g/mol. The molecule has 0 aromatic carbocycles. The summed E-state index contributed by atoms with van der Waals surface area (Å²) in [5.74, 6) is -1.68. The van der Waals surface area contributed by atoms with Crippen LogP contribution in [0.2, 0.25) is 0 Å². The molecule has 27 heteroatoms. The number of aliphatic hydroxyl groups is 7. The SMILES string of the molecule is CO[C@H]1C[C@H](O[C@H]2CC[C@@]3(C)C(=CC[C@]4(O)[C@@H]3C[C@@H](OC(=O)/C=C(\C)C(C)C)[C@@]3(C)[C@]4(O)CC[C@@]3(O)C(C)=O)C2)O[C@H](C)[C@H]1O[C@H]1C[C@H](OC)[C@H](O[C@H]2C[C@@H](OC)[C@H](O[C@H]3C[C@@H](OC)[C@H](O[C@H]4C[C@H](OC)[C@H](O[C@@H]5O[C@H](CO)[C@@H](O)[C@H](O)[C@H]5O)[C@@H](C)O4)[C@@H](C)O3)[C@@H](C)O2)[C@@H](C)O1. The van der Waals surface area contributed by atoms with Crippen LogP contribution in [0.15, 0.2) is 23.3 Å². The Bertz CT molecular complexity index is 2680. The van der Waals surface area contributed by atoms with Crippen LogP contribution in [0.5, 0.6) is 0 Å². The molecule has 0 amide bonds. The number of rotatable bonds is 22. The van der Waals surface area contributed by atoms with Crippen LogP contribution in [0, 0.1) is 22.7 Å². The second kappa shape index (κ2) is 30.5. The molecule has 0 radical (unpaired) electrons. The van der Waals surface area contributed by atoms with Gasteiger partial charge in [0.2, 0.25) is 0 Å². The lowest BCUT2D eigenvalue weighted by molar-refractivity contribution is -0.360. The zero-order valence-electron chi connectivity index (χ0n) is 58.9. The van der Waals surface area contributed by atoms with Gasteiger partial charge in [0, 0.05) is 79.6 Å². The van der Waals surface area contributed by atoms with Gasteiger partial charge in [0.15, 0.2) is 43.5 Å². The first-order valence-electron chi connectivity index (χ1n) is 34.8. The van der Waals surface area contributed by atoms with Crippen molar-refractivity contribution in [2.24, 2.45) is 22.7 Å². The average molecular weight is 1370 g/mol. The molecule has 6 aliphatic heterocycles. The predicted molar refractivity (Wildman–Crippen MR) is 336 cm³/mol. The molecule has 6 heterocycles. The first-order chi connectivity index (χ1) is 45.3. The van der Waals surface area contributed by atoms with Gasteiger partial charge < -0.3 is 121 Å². The smallest absolute Gasteiger partial charge is 0.330 e. The minimum absolute atomic E-state index is 0.0505. The number of carbonyl (C=O) groups is 2. The van der Waals surface area contributed by atoms with Gasteiger partial charge in [-0.2, -0.15) is 0 Å². The minimum atomic E-state index is -2.04. The molecule has 10 rings (SSSR count). The molecule has 6 saturated heterocycles. The molecule has 0 aromatic heterocycles. The van der Waals surface area contributed by atoms with Crippen molar-refractivity contribution < 1.29 is 131 Å². The molecular formula is C69H112O27. The van der Waals surface area contributed by atoms with E-state index in [2.05, 4.69) is 6.92 Å². The largest absolute Gasteiger partial charge is 0.458 e. The summed E-state index contributed by atoms with van der Waals surface area (Å²) in [6.45, 7) is 19.5. The van der Waals surface area contributed by atoms with Crippen molar-refractivity contribution in [3.63, 3.8) is 0 Å². The van der Waals surface area contributed by atoms with Gasteiger partial charge in [0.1, 0.15) is 77.8 Å². The van der Waals surface area contributed by atoms with Crippen LogP contribution in [-0.2, 0) is 94.9 Å². The summed E-state index contributed by atoms with van der Waals surface area (Å²) in [7, 11) is 7.98. The van der Waals surface area contributed by atoms with E-state index in [0.717, 1.165) is 11.1 Å². The molecule has 0 bridgehead atoms. The fourth-order valence-electron chi connectivity index (χ4n) is 17.8. The van der Waals surface area contributed by atoms with Gasteiger partial charge in [-0.1, -0.05) is 38.0 Å².